The number of nitrogens with two attached hydrogens (primary N) is 1. The Morgan fingerprint density at radius 1 is 1.29 bits per heavy atom. The Bertz CT molecular complexity index is 404. The molecule has 2 N–H and O–H groups in total. The number of rotatable bonds is 7. The van der Waals surface area contributed by atoms with Crippen LogP contribution in [0, 0.1) is 5.92 Å². The van der Waals surface area contributed by atoms with Gasteiger partial charge in [0.2, 0.25) is 0 Å². The van der Waals surface area contributed by atoms with E-state index in [1.54, 1.807) is 0 Å². The zero-order chi connectivity index (χ0) is 15.1. The van der Waals surface area contributed by atoms with Crippen molar-refractivity contribution in [2.45, 2.75) is 45.6 Å². The molecule has 1 saturated heterocycles. The van der Waals surface area contributed by atoms with Crippen molar-refractivity contribution in [3.05, 3.63) is 29.8 Å². The number of piperidine rings is 1. The van der Waals surface area contributed by atoms with Gasteiger partial charge >= 0.3 is 0 Å². The molecule has 1 fully saturated rings. The van der Waals surface area contributed by atoms with Gasteiger partial charge in [-0.2, -0.15) is 0 Å². The van der Waals surface area contributed by atoms with Crippen LogP contribution in [-0.2, 0) is 0 Å². The predicted molar refractivity (Wildman–Crippen MR) is 88.6 cm³/mol. The molecule has 3 nitrogen and oxygen atoms in total. The van der Waals surface area contributed by atoms with Crippen LogP contribution in [0.15, 0.2) is 24.3 Å². The minimum absolute atomic E-state index is 0.347. The van der Waals surface area contributed by atoms with Gasteiger partial charge in [0.15, 0.2) is 0 Å². The van der Waals surface area contributed by atoms with Crippen LogP contribution in [0.1, 0.15) is 51.1 Å². The Hall–Kier alpha value is -1.06. The van der Waals surface area contributed by atoms with E-state index in [-0.39, 0.29) is 0 Å². The second-order valence-corrected chi connectivity index (χ2v) is 6.08. The van der Waals surface area contributed by atoms with Gasteiger partial charge in [0.05, 0.1) is 6.61 Å². The average Bonchev–Trinajstić information content (AvgIpc) is 2.55. The van der Waals surface area contributed by atoms with Gasteiger partial charge in [-0.25, -0.2) is 0 Å². The summed E-state index contributed by atoms with van der Waals surface area (Å²) >= 11 is 0. The molecule has 2 unspecified atom stereocenters. The Morgan fingerprint density at radius 2 is 2.05 bits per heavy atom. The van der Waals surface area contributed by atoms with Crippen LogP contribution in [-0.4, -0.2) is 31.1 Å². The Kier molecular flexibility index (Phi) is 6.52. The third kappa shape index (κ3) is 4.45. The van der Waals surface area contributed by atoms with Crippen molar-refractivity contribution in [2.75, 3.05) is 26.2 Å². The minimum atomic E-state index is 0.347. The van der Waals surface area contributed by atoms with E-state index in [2.05, 4.69) is 43.0 Å². The summed E-state index contributed by atoms with van der Waals surface area (Å²) in [5, 5.41) is 0. The van der Waals surface area contributed by atoms with E-state index in [0.717, 1.165) is 24.7 Å². The first-order valence-corrected chi connectivity index (χ1v) is 8.45. The van der Waals surface area contributed by atoms with Gasteiger partial charge in [0.25, 0.3) is 0 Å². The van der Waals surface area contributed by atoms with Crippen molar-refractivity contribution in [2.24, 2.45) is 11.7 Å². The van der Waals surface area contributed by atoms with Crippen molar-refractivity contribution in [3.8, 4) is 5.75 Å². The van der Waals surface area contributed by atoms with Gasteiger partial charge in [0.1, 0.15) is 5.75 Å². The van der Waals surface area contributed by atoms with Crippen LogP contribution >= 0.6 is 0 Å². The minimum Gasteiger partial charge on any atom is -0.494 e. The van der Waals surface area contributed by atoms with Gasteiger partial charge in [-0.1, -0.05) is 32.4 Å². The predicted octanol–water partition coefficient (Wildman–Crippen LogP) is 3.60. The van der Waals surface area contributed by atoms with E-state index in [0.29, 0.717) is 12.6 Å². The van der Waals surface area contributed by atoms with Crippen LogP contribution in [0.25, 0.3) is 0 Å². The summed E-state index contributed by atoms with van der Waals surface area (Å²) in [5.41, 5.74) is 7.39. The van der Waals surface area contributed by atoms with Crippen molar-refractivity contribution in [1.29, 1.82) is 0 Å². The molecule has 1 aromatic carbocycles. The average molecular weight is 290 g/mol. The molecule has 0 radical (unpaired) electrons. The molecule has 2 atom stereocenters. The van der Waals surface area contributed by atoms with Crippen LogP contribution in [0.2, 0.25) is 0 Å². The van der Waals surface area contributed by atoms with Crippen LogP contribution in [0.4, 0.5) is 0 Å². The molecule has 118 valence electrons. The molecular formula is C18H30N2O. The fourth-order valence-corrected chi connectivity index (χ4v) is 3.22. The van der Waals surface area contributed by atoms with E-state index >= 15 is 0 Å². The number of ether oxygens (including phenoxy) is 1. The summed E-state index contributed by atoms with van der Waals surface area (Å²) in [7, 11) is 0. The number of benzene rings is 1. The Labute approximate surface area is 129 Å². The highest BCUT2D eigenvalue weighted by molar-refractivity contribution is 5.29. The highest BCUT2D eigenvalue weighted by Crippen LogP contribution is 2.28. The molecule has 3 heteroatoms. The molecule has 0 saturated carbocycles. The van der Waals surface area contributed by atoms with E-state index < -0.39 is 0 Å². The van der Waals surface area contributed by atoms with Gasteiger partial charge in [0, 0.05) is 19.1 Å². The summed E-state index contributed by atoms with van der Waals surface area (Å²) in [6.07, 6.45) is 4.98. The van der Waals surface area contributed by atoms with Crippen LogP contribution in [0.5, 0.6) is 5.75 Å². The summed E-state index contributed by atoms with van der Waals surface area (Å²) in [6, 6.07) is 8.86. The molecular weight excluding hydrogens is 260 g/mol. The first-order valence-electron chi connectivity index (χ1n) is 8.45. The van der Waals surface area contributed by atoms with Crippen LogP contribution in [0.3, 0.4) is 0 Å². The molecule has 0 bridgehead atoms. The molecule has 0 spiro atoms. The smallest absolute Gasteiger partial charge is 0.119 e. The maximum absolute atomic E-state index is 6.07. The topological polar surface area (TPSA) is 38.5 Å². The third-order valence-corrected chi connectivity index (χ3v) is 4.53. The second kappa shape index (κ2) is 8.40. The van der Waals surface area contributed by atoms with E-state index in [9.17, 15) is 0 Å². The molecule has 0 aromatic heterocycles. The van der Waals surface area contributed by atoms with E-state index in [1.165, 1.54) is 37.9 Å². The number of likely N-dealkylation sites (tertiary alicyclic amines) is 1. The van der Waals surface area contributed by atoms with Gasteiger partial charge < -0.3 is 10.5 Å². The van der Waals surface area contributed by atoms with E-state index in [1.807, 2.05) is 0 Å². The SMILES string of the molecule is CCCOc1ccc(C(CN)N2CCCC(CC)C2)cc1. The van der Waals surface area contributed by atoms with Crippen molar-refractivity contribution < 1.29 is 4.74 Å². The van der Waals surface area contributed by atoms with E-state index in [4.69, 9.17) is 10.5 Å². The summed E-state index contributed by atoms with van der Waals surface area (Å²) in [6.45, 7) is 8.25. The lowest BCUT2D eigenvalue weighted by molar-refractivity contribution is 0.124. The Morgan fingerprint density at radius 3 is 2.67 bits per heavy atom. The Balaban J connectivity index is 2.02. The van der Waals surface area contributed by atoms with Crippen molar-refractivity contribution in [3.63, 3.8) is 0 Å². The summed E-state index contributed by atoms with van der Waals surface area (Å²) < 4.78 is 5.66. The molecule has 2 rings (SSSR count). The van der Waals surface area contributed by atoms with Gasteiger partial charge in [-0.3, -0.25) is 4.90 Å². The largest absolute Gasteiger partial charge is 0.494 e. The monoisotopic (exact) mass is 290 g/mol. The molecule has 0 aliphatic carbocycles. The molecule has 1 aliphatic rings. The lowest BCUT2D eigenvalue weighted by Crippen LogP contribution is -2.40. The van der Waals surface area contributed by atoms with Crippen molar-refractivity contribution in [1.82, 2.24) is 4.90 Å². The fourth-order valence-electron chi connectivity index (χ4n) is 3.22. The second-order valence-electron chi connectivity index (χ2n) is 6.08. The lowest BCUT2D eigenvalue weighted by atomic mass is 9.93. The highest BCUT2D eigenvalue weighted by atomic mass is 16.5. The molecule has 1 aromatic rings. The molecule has 21 heavy (non-hydrogen) atoms. The first kappa shape index (κ1) is 16.3. The molecule has 1 aliphatic heterocycles. The highest BCUT2D eigenvalue weighted by Gasteiger charge is 2.25. The maximum atomic E-state index is 6.07. The van der Waals surface area contributed by atoms with Crippen LogP contribution < -0.4 is 10.5 Å². The number of nitrogens with zero attached hydrogens (tertiary/aromatic N) is 1. The lowest BCUT2D eigenvalue weighted by Gasteiger charge is -2.38. The third-order valence-electron chi connectivity index (χ3n) is 4.53. The zero-order valence-corrected chi connectivity index (χ0v) is 13.6. The first-order chi connectivity index (χ1) is 10.3. The van der Waals surface area contributed by atoms with Gasteiger partial charge in [-0.15, -0.1) is 0 Å². The summed E-state index contributed by atoms with van der Waals surface area (Å²) in [4.78, 5) is 2.57. The van der Waals surface area contributed by atoms with Crippen molar-refractivity contribution >= 4 is 0 Å². The number of hydrogen-bond donors (Lipinski definition) is 1. The quantitative estimate of drug-likeness (QED) is 0.834. The molecule has 0 amide bonds. The zero-order valence-electron chi connectivity index (χ0n) is 13.6. The number of hydrogen-bond acceptors (Lipinski definition) is 3. The normalized spacial score (nSPS) is 21.2. The summed E-state index contributed by atoms with van der Waals surface area (Å²) in [5.74, 6) is 1.79. The molecule has 1 heterocycles. The van der Waals surface area contributed by atoms with Gasteiger partial charge in [-0.05, 0) is 49.4 Å². The standard InChI is InChI=1S/C18H30N2O/c1-3-12-21-17-9-7-16(8-10-17)18(13-19)20-11-5-6-15(4-2)14-20/h7-10,15,18H,3-6,11-14,19H2,1-2H3. The fraction of sp³-hybridized carbons (Fsp3) is 0.667. The maximum Gasteiger partial charge on any atom is 0.119 e.